The fraction of sp³-hybridized carbons (Fsp3) is 0.158. The predicted octanol–water partition coefficient (Wildman–Crippen LogP) is 5.06. The van der Waals surface area contributed by atoms with Gasteiger partial charge in [0.25, 0.3) is 0 Å². The minimum absolute atomic E-state index is 0.0301. The minimum atomic E-state index is -4.53. The highest BCUT2D eigenvalue weighted by molar-refractivity contribution is 5.82. The van der Waals surface area contributed by atoms with Gasteiger partial charge in [-0.25, -0.2) is 4.98 Å². The number of halogens is 3. The van der Waals surface area contributed by atoms with E-state index >= 15 is 0 Å². The highest BCUT2D eigenvalue weighted by Gasteiger charge is 2.32. The molecule has 3 rings (SSSR count). The lowest BCUT2D eigenvalue weighted by atomic mass is 10.1. The Balaban J connectivity index is 1.95. The normalized spacial score (nSPS) is 11.8. The Hall–Kier alpha value is -3.09. The zero-order valence-corrected chi connectivity index (χ0v) is 13.9. The second kappa shape index (κ2) is 7.43. The second-order valence-electron chi connectivity index (χ2n) is 5.49. The molecule has 3 aromatic rings. The molecule has 0 aliphatic rings. The lowest BCUT2D eigenvalue weighted by Crippen LogP contribution is -2.08. The van der Waals surface area contributed by atoms with Crippen molar-refractivity contribution in [2.75, 3.05) is 0 Å². The summed E-state index contributed by atoms with van der Waals surface area (Å²) in [6.07, 6.45) is 0.218. The van der Waals surface area contributed by atoms with Gasteiger partial charge >= 0.3 is 6.18 Å². The van der Waals surface area contributed by atoms with Crippen molar-refractivity contribution in [3.8, 4) is 11.6 Å². The van der Waals surface area contributed by atoms with Crippen LogP contribution < -0.4 is 10.1 Å². The van der Waals surface area contributed by atoms with E-state index in [0.717, 1.165) is 23.2 Å². The molecule has 0 amide bonds. The summed E-state index contributed by atoms with van der Waals surface area (Å²) >= 11 is 0. The molecule has 0 spiro atoms. The Labute approximate surface area is 148 Å². The van der Waals surface area contributed by atoms with E-state index in [4.69, 9.17) is 4.74 Å². The maximum absolute atomic E-state index is 12.8. The molecule has 0 bridgehead atoms. The van der Waals surface area contributed by atoms with E-state index in [1.165, 1.54) is 6.07 Å². The molecule has 26 heavy (non-hydrogen) atoms. The van der Waals surface area contributed by atoms with Gasteiger partial charge in [0, 0.05) is 30.3 Å². The Kier molecular flexibility index (Phi) is 5.06. The molecule has 0 saturated carbocycles. The van der Waals surface area contributed by atoms with Crippen molar-refractivity contribution in [1.82, 2.24) is 15.3 Å². The van der Waals surface area contributed by atoms with E-state index in [-0.39, 0.29) is 11.6 Å². The molecule has 0 aliphatic carbocycles. The van der Waals surface area contributed by atoms with Gasteiger partial charge in [-0.3, -0.25) is 4.98 Å². The third-order valence-electron chi connectivity index (χ3n) is 3.60. The highest BCUT2D eigenvalue weighted by Crippen LogP contribution is 2.31. The van der Waals surface area contributed by atoms with Crippen LogP contribution in [0.25, 0.3) is 10.9 Å². The number of pyridine rings is 2. The molecule has 4 nitrogen and oxygen atoms in total. The molecule has 1 N–H and O–H groups in total. The van der Waals surface area contributed by atoms with Crippen molar-refractivity contribution in [2.24, 2.45) is 0 Å². The first-order valence-electron chi connectivity index (χ1n) is 7.91. The molecule has 0 fully saturated rings. The van der Waals surface area contributed by atoms with Crippen molar-refractivity contribution >= 4 is 10.9 Å². The number of hydrogen-bond donors (Lipinski definition) is 1. The number of allylic oxidation sites excluding steroid dienone is 1. The summed E-state index contributed by atoms with van der Waals surface area (Å²) in [5, 5.41) is 4.09. The van der Waals surface area contributed by atoms with E-state index in [0.29, 0.717) is 12.1 Å². The first-order chi connectivity index (χ1) is 12.5. The molecule has 0 aliphatic heterocycles. The standard InChI is InChI=1S/C19H16F3N3O/c1-2-8-23-12-13-10-18(25-16-6-4-3-5-15(13)16)26-14-7-9-24-17(11-14)19(20,21)22/h2-11,23H,12H2,1H3. The third-order valence-corrected chi connectivity index (χ3v) is 3.60. The number of ether oxygens (including phenoxy) is 1. The summed E-state index contributed by atoms with van der Waals surface area (Å²) in [7, 11) is 0. The SMILES string of the molecule is CC=CNCc1cc(Oc2ccnc(C(F)(F)F)c2)nc2ccccc12. The number of aromatic nitrogens is 2. The monoisotopic (exact) mass is 359 g/mol. The lowest BCUT2D eigenvalue weighted by molar-refractivity contribution is -0.141. The molecule has 1 aromatic carbocycles. The van der Waals surface area contributed by atoms with Gasteiger partial charge in [0.1, 0.15) is 11.4 Å². The van der Waals surface area contributed by atoms with E-state index in [2.05, 4.69) is 15.3 Å². The third kappa shape index (κ3) is 4.11. The number of benzene rings is 1. The quantitative estimate of drug-likeness (QED) is 0.691. The van der Waals surface area contributed by atoms with Crippen LogP contribution in [-0.4, -0.2) is 9.97 Å². The van der Waals surface area contributed by atoms with Crippen LogP contribution in [0.1, 0.15) is 18.2 Å². The zero-order valence-electron chi connectivity index (χ0n) is 13.9. The summed E-state index contributed by atoms with van der Waals surface area (Å²) in [5.41, 5.74) is 0.618. The van der Waals surface area contributed by atoms with Crippen LogP contribution in [-0.2, 0) is 12.7 Å². The van der Waals surface area contributed by atoms with Crippen molar-refractivity contribution in [1.29, 1.82) is 0 Å². The first kappa shape index (κ1) is 17.7. The van der Waals surface area contributed by atoms with Crippen molar-refractivity contribution < 1.29 is 17.9 Å². The van der Waals surface area contributed by atoms with Gasteiger partial charge in [0.15, 0.2) is 0 Å². The summed E-state index contributed by atoms with van der Waals surface area (Å²) < 4.78 is 44.0. The summed E-state index contributed by atoms with van der Waals surface area (Å²) in [5.74, 6) is 0.253. The summed E-state index contributed by atoms with van der Waals surface area (Å²) in [6.45, 7) is 2.43. The van der Waals surface area contributed by atoms with Gasteiger partial charge in [-0.15, -0.1) is 0 Å². The zero-order chi connectivity index (χ0) is 18.6. The Morgan fingerprint density at radius 2 is 1.96 bits per heavy atom. The van der Waals surface area contributed by atoms with Gasteiger partial charge in [-0.05, 0) is 30.8 Å². The predicted molar refractivity (Wildman–Crippen MR) is 92.7 cm³/mol. The van der Waals surface area contributed by atoms with Crippen LogP contribution in [0.2, 0.25) is 0 Å². The number of para-hydroxylation sites is 1. The van der Waals surface area contributed by atoms with Gasteiger partial charge in [0.05, 0.1) is 5.52 Å². The van der Waals surface area contributed by atoms with Crippen LogP contribution in [0.15, 0.2) is 60.9 Å². The highest BCUT2D eigenvalue weighted by atomic mass is 19.4. The van der Waals surface area contributed by atoms with E-state index < -0.39 is 11.9 Å². The molecular formula is C19H16F3N3O. The van der Waals surface area contributed by atoms with Gasteiger partial charge in [0.2, 0.25) is 5.88 Å². The number of fused-ring (bicyclic) bond motifs is 1. The smallest absolute Gasteiger partial charge is 0.433 e. The average Bonchev–Trinajstić information content (AvgIpc) is 2.61. The Bertz CT molecular complexity index is 939. The molecule has 134 valence electrons. The van der Waals surface area contributed by atoms with Crippen LogP contribution in [0.3, 0.4) is 0 Å². The van der Waals surface area contributed by atoms with E-state index in [1.54, 1.807) is 6.07 Å². The molecule has 0 saturated heterocycles. The molecule has 0 radical (unpaired) electrons. The van der Waals surface area contributed by atoms with Crippen molar-refractivity contribution in [3.63, 3.8) is 0 Å². The summed E-state index contributed by atoms with van der Waals surface area (Å²) in [4.78, 5) is 7.71. The number of nitrogens with one attached hydrogen (secondary N) is 1. The maximum Gasteiger partial charge on any atom is 0.433 e. The number of nitrogens with zero attached hydrogens (tertiary/aromatic N) is 2. The van der Waals surface area contributed by atoms with Gasteiger partial charge in [-0.2, -0.15) is 13.2 Å². The number of hydrogen-bond acceptors (Lipinski definition) is 4. The lowest BCUT2D eigenvalue weighted by Gasteiger charge is -2.12. The number of alkyl halides is 3. The fourth-order valence-electron chi connectivity index (χ4n) is 2.46. The Morgan fingerprint density at radius 3 is 2.73 bits per heavy atom. The molecule has 7 heteroatoms. The van der Waals surface area contributed by atoms with Gasteiger partial charge < -0.3 is 10.1 Å². The van der Waals surface area contributed by atoms with Crippen LogP contribution in [0, 0.1) is 0 Å². The topological polar surface area (TPSA) is 47.0 Å². The second-order valence-corrected chi connectivity index (χ2v) is 5.49. The molecular weight excluding hydrogens is 343 g/mol. The fourth-order valence-corrected chi connectivity index (χ4v) is 2.46. The maximum atomic E-state index is 12.8. The number of rotatable bonds is 5. The molecule has 0 atom stereocenters. The molecule has 2 aromatic heterocycles. The van der Waals surface area contributed by atoms with Gasteiger partial charge in [-0.1, -0.05) is 24.3 Å². The Morgan fingerprint density at radius 1 is 1.15 bits per heavy atom. The van der Waals surface area contributed by atoms with Crippen molar-refractivity contribution in [2.45, 2.75) is 19.6 Å². The van der Waals surface area contributed by atoms with E-state index in [1.807, 2.05) is 43.5 Å². The molecule has 0 unspecified atom stereocenters. The minimum Gasteiger partial charge on any atom is -0.439 e. The van der Waals surface area contributed by atoms with E-state index in [9.17, 15) is 13.2 Å². The average molecular weight is 359 g/mol. The molecule has 2 heterocycles. The van der Waals surface area contributed by atoms with Crippen LogP contribution in [0.4, 0.5) is 13.2 Å². The first-order valence-corrected chi connectivity index (χ1v) is 7.91. The van der Waals surface area contributed by atoms with Crippen LogP contribution >= 0.6 is 0 Å². The summed E-state index contributed by atoms with van der Waals surface area (Å²) in [6, 6.07) is 11.5. The van der Waals surface area contributed by atoms with Crippen molar-refractivity contribution in [3.05, 3.63) is 72.2 Å². The van der Waals surface area contributed by atoms with Crippen LogP contribution in [0.5, 0.6) is 11.6 Å². The largest absolute Gasteiger partial charge is 0.439 e.